The van der Waals surface area contributed by atoms with E-state index in [1.165, 1.54) is 0 Å². The van der Waals surface area contributed by atoms with E-state index >= 15 is 0 Å². The SMILES string of the molecule is CCC1(COc2ccc(-c3ccc(OCOc4ccc(C=O)cc4)cc3)cc2)COC1. The zero-order chi connectivity index (χ0) is 21.5. The number of carbonyl (C=O) groups is 1. The van der Waals surface area contributed by atoms with E-state index in [1.807, 2.05) is 36.4 Å². The van der Waals surface area contributed by atoms with Crippen LogP contribution < -0.4 is 14.2 Å². The molecule has 1 saturated heterocycles. The molecule has 0 saturated carbocycles. The molecule has 0 atom stereocenters. The van der Waals surface area contributed by atoms with Crippen LogP contribution in [0.25, 0.3) is 11.1 Å². The van der Waals surface area contributed by atoms with Gasteiger partial charge < -0.3 is 18.9 Å². The summed E-state index contributed by atoms with van der Waals surface area (Å²) in [6.07, 6.45) is 1.87. The molecule has 0 N–H and O–H groups in total. The van der Waals surface area contributed by atoms with E-state index in [9.17, 15) is 4.79 Å². The molecule has 160 valence electrons. The molecule has 1 aliphatic heterocycles. The van der Waals surface area contributed by atoms with Crippen LogP contribution in [0.1, 0.15) is 23.7 Å². The summed E-state index contributed by atoms with van der Waals surface area (Å²) in [5, 5.41) is 0. The van der Waals surface area contributed by atoms with Gasteiger partial charge in [-0.3, -0.25) is 4.79 Å². The summed E-state index contributed by atoms with van der Waals surface area (Å²) < 4.78 is 22.5. The van der Waals surface area contributed by atoms with Crippen LogP contribution in [0.5, 0.6) is 17.2 Å². The highest BCUT2D eigenvalue weighted by Gasteiger charge is 2.37. The van der Waals surface area contributed by atoms with Gasteiger partial charge in [0.1, 0.15) is 23.5 Å². The molecule has 4 rings (SSSR count). The molecule has 0 unspecified atom stereocenters. The molecule has 1 aliphatic rings. The summed E-state index contributed by atoms with van der Waals surface area (Å²) in [4.78, 5) is 10.7. The largest absolute Gasteiger partial charge is 0.493 e. The van der Waals surface area contributed by atoms with Crippen LogP contribution in [0.3, 0.4) is 0 Å². The summed E-state index contributed by atoms with van der Waals surface area (Å²) in [6, 6.07) is 22.9. The van der Waals surface area contributed by atoms with E-state index in [0.29, 0.717) is 17.9 Å². The minimum Gasteiger partial charge on any atom is -0.493 e. The van der Waals surface area contributed by atoms with E-state index in [-0.39, 0.29) is 12.2 Å². The molecule has 1 heterocycles. The molecule has 5 heteroatoms. The zero-order valence-electron chi connectivity index (χ0n) is 17.6. The second-order valence-electron chi connectivity index (χ2n) is 7.78. The first-order valence-electron chi connectivity index (χ1n) is 10.4. The van der Waals surface area contributed by atoms with E-state index in [4.69, 9.17) is 18.9 Å². The standard InChI is InChI=1S/C26H26O5/c1-2-26(16-28-17-26)18-29-23-11-5-21(6-12-23)22-7-13-25(14-8-22)31-19-30-24-9-3-20(15-27)4-10-24/h3-15H,2,16-19H2,1H3. The number of hydrogen-bond donors (Lipinski definition) is 0. The lowest BCUT2D eigenvalue weighted by Crippen LogP contribution is -2.46. The Morgan fingerprint density at radius 1 is 0.774 bits per heavy atom. The van der Waals surface area contributed by atoms with Crippen molar-refractivity contribution in [3.63, 3.8) is 0 Å². The van der Waals surface area contributed by atoms with Gasteiger partial charge in [-0.2, -0.15) is 0 Å². The summed E-state index contributed by atoms with van der Waals surface area (Å²) in [5.41, 5.74) is 3.00. The third kappa shape index (κ3) is 5.25. The highest BCUT2D eigenvalue weighted by Crippen LogP contribution is 2.32. The Kier molecular flexibility index (Phi) is 6.53. The first-order chi connectivity index (χ1) is 15.2. The minimum atomic E-state index is 0.0934. The van der Waals surface area contributed by atoms with Gasteiger partial charge in [0, 0.05) is 5.56 Å². The fourth-order valence-corrected chi connectivity index (χ4v) is 3.31. The first-order valence-corrected chi connectivity index (χ1v) is 10.4. The molecule has 5 nitrogen and oxygen atoms in total. The van der Waals surface area contributed by atoms with Crippen molar-refractivity contribution < 1.29 is 23.7 Å². The Morgan fingerprint density at radius 3 is 1.68 bits per heavy atom. The van der Waals surface area contributed by atoms with E-state index in [2.05, 4.69) is 19.1 Å². The van der Waals surface area contributed by atoms with Crippen LogP contribution in [0, 0.1) is 5.41 Å². The fourth-order valence-electron chi connectivity index (χ4n) is 3.31. The van der Waals surface area contributed by atoms with Crippen LogP contribution in [0.2, 0.25) is 0 Å². The van der Waals surface area contributed by atoms with Crippen molar-refractivity contribution >= 4 is 6.29 Å². The zero-order valence-corrected chi connectivity index (χ0v) is 17.6. The summed E-state index contributed by atoms with van der Waals surface area (Å²) >= 11 is 0. The van der Waals surface area contributed by atoms with Crippen LogP contribution in [-0.4, -0.2) is 32.9 Å². The average molecular weight is 418 g/mol. The van der Waals surface area contributed by atoms with Crippen molar-refractivity contribution in [1.29, 1.82) is 0 Å². The number of aldehydes is 1. The van der Waals surface area contributed by atoms with Gasteiger partial charge in [-0.1, -0.05) is 31.2 Å². The highest BCUT2D eigenvalue weighted by atomic mass is 16.7. The average Bonchev–Trinajstić information content (AvgIpc) is 2.80. The monoisotopic (exact) mass is 418 g/mol. The van der Waals surface area contributed by atoms with Crippen molar-refractivity contribution in [1.82, 2.24) is 0 Å². The molecule has 1 fully saturated rings. The Labute approximate surface area is 182 Å². The third-order valence-corrected chi connectivity index (χ3v) is 5.62. The lowest BCUT2D eigenvalue weighted by molar-refractivity contribution is -0.133. The molecule has 0 bridgehead atoms. The van der Waals surface area contributed by atoms with Gasteiger partial charge in [0.05, 0.1) is 25.2 Å². The summed E-state index contributed by atoms with van der Waals surface area (Å²) in [6.45, 7) is 4.54. The lowest BCUT2D eigenvalue weighted by Gasteiger charge is -2.40. The number of rotatable bonds is 10. The van der Waals surface area contributed by atoms with Gasteiger partial charge in [0.2, 0.25) is 6.79 Å². The lowest BCUT2D eigenvalue weighted by atomic mass is 9.84. The molecular formula is C26H26O5. The third-order valence-electron chi connectivity index (χ3n) is 5.62. The molecular weight excluding hydrogens is 392 g/mol. The van der Waals surface area contributed by atoms with E-state index in [1.54, 1.807) is 24.3 Å². The maximum absolute atomic E-state index is 10.7. The molecule has 0 aromatic heterocycles. The van der Waals surface area contributed by atoms with Crippen LogP contribution in [0.4, 0.5) is 0 Å². The Morgan fingerprint density at radius 2 is 1.26 bits per heavy atom. The van der Waals surface area contributed by atoms with Gasteiger partial charge in [-0.05, 0) is 66.1 Å². The van der Waals surface area contributed by atoms with Crippen LogP contribution in [-0.2, 0) is 4.74 Å². The molecule has 0 aliphatic carbocycles. The van der Waals surface area contributed by atoms with Crippen LogP contribution >= 0.6 is 0 Å². The van der Waals surface area contributed by atoms with Crippen LogP contribution in [0.15, 0.2) is 72.8 Å². The topological polar surface area (TPSA) is 54.0 Å². The smallest absolute Gasteiger partial charge is 0.230 e. The second kappa shape index (κ2) is 9.67. The molecule has 3 aromatic rings. The Balaban J connectivity index is 1.27. The molecule has 31 heavy (non-hydrogen) atoms. The van der Waals surface area contributed by atoms with Crippen molar-refractivity contribution in [3.8, 4) is 28.4 Å². The molecule has 0 spiro atoms. The maximum Gasteiger partial charge on any atom is 0.230 e. The summed E-state index contributed by atoms with van der Waals surface area (Å²) in [5.74, 6) is 2.25. The fraction of sp³-hybridized carbons (Fsp3) is 0.269. The van der Waals surface area contributed by atoms with Crippen molar-refractivity contribution in [2.24, 2.45) is 5.41 Å². The van der Waals surface area contributed by atoms with Gasteiger partial charge in [0.15, 0.2) is 0 Å². The molecule has 0 amide bonds. The van der Waals surface area contributed by atoms with Gasteiger partial charge >= 0.3 is 0 Å². The van der Waals surface area contributed by atoms with Crippen molar-refractivity contribution in [3.05, 3.63) is 78.4 Å². The Bertz CT molecular complexity index is 968. The summed E-state index contributed by atoms with van der Waals surface area (Å²) in [7, 11) is 0. The quantitative estimate of drug-likeness (QED) is 0.327. The first kappa shape index (κ1) is 20.9. The number of ether oxygens (including phenoxy) is 4. The Hall–Kier alpha value is -3.31. The van der Waals surface area contributed by atoms with E-state index < -0.39 is 0 Å². The number of carbonyl (C=O) groups excluding carboxylic acids is 1. The van der Waals surface area contributed by atoms with Gasteiger partial charge in [0.25, 0.3) is 0 Å². The van der Waals surface area contributed by atoms with Crippen molar-refractivity contribution in [2.75, 3.05) is 26.6 Å². The van der Waals surface area contributed by atoms with Crippen molar-refractivity contribution in [2.45, 2.75) is 13.3 Å². The normalized spacial score (nSPS) is 14.4. The number of benzene rings is 3. The minimum absolute atomic E-state index is 0.0934. The number of hydrogen-bond acceptors (Lipinski definition) is 5. The highest BCUT2D eigenvalue weighted by molar-refractivity contribution is 5.74. The molecule has 3 aromatic carbocycles. The predicted octanol–water partition coefficient (Wildman–Crippen LogP) is 5.39. The maximum atomic E-state index is 10.7. The van der Waals surface area contributed by atoms with Gasteiger partial charge in [-0.25, -0.2) is 0 Å². The predicted molar refractivity (Wildman–Crippen MR) is 119 cm³/mol. The second-order valence-corrected chi connectivity index (χ2v) is 7.78. The molecule has 0 radical (unpaired) electrons. The van der Waals surface area contributed by atoms with E-state index in [0.717, 1.165) is 48.5 Å². The van der Waals surface area contributed by atoms with Gasteiger partial charge in [-0.15, -0.1) is 0 Å².